The van der Waals surface area contributed by atoms with Crippen LogP contribution in [-0.4, -0.2) is 33.8 Å². The monoisotopic (exact) mass is 271 g/mol. The van der Waals surface area contributed by atoms with Gasteiger partial charge in [0.05, 0.1) is 23.3 Å². The molecule has 0 radical (unpaired) electrons. The number of nitrogens with zero attached hydrogens (tertiary/aromatic N) is 1. The van der Waals surface area contributed by atoms with E-state index in [1.165, 1.54) is 11.8 Å². The van der Waals surface area contributed by atoms with E-state index in [0.29, 0.717) is 11.5 Å². The fraction of sp³-hybridized carbons (Fsp3) is 0.364. The Balaban J connectivity index is 1.87. The second-order valence-electron chi connectivity index (χ2n) is 3.51. The Morgan fingerprint density at radius 2 is 2.41 bits per heavy atom. The molecule has 2 heterocycles. The first-order valence-corrected chi connectivity index (χ1v) is 7.19. The van der Waals surface area contributed by atoms with Crippen LogP contribution in [-0.2, 0) is 5.75 Å². The van der Waals surface area contributed by atoms with E-state index in [1.54, 1.807) is 11.3 Å². The fourth-order valence-electron chi connectivity index (χ4n) is 1.27. The second-order valence-corrected chi connectivity index (χ2v) is 5.49. The van der Waals surface area contributed by atoms with Crippen molar-refractivity contribution in [1.82, 2.24) is 5.16 Å². The zero-order valence-corrected chi connectivity index (χ0v) is 10.7. The van der Waals surface area contributed by atoms with Crippen molar-refractivity contribution in [3.63, 3.8) is 0 Å². The summed E-state index contributed by atoms with van der Waals surface area (Å²) in [6, 6.07) is 5.86. The number of thiophene rings is 1. The van der Waals surface area contributed by atoms with E-state index < -0.39 is 6.10 Å². The first-order valence-electron chi connectivity index (χ1n) is 5.15. The smallest absolute Gasteiger partial charge is 0.177 e. The molecule has 6 heteroatoms. The number of hydrogen-bond donors (Lipinski definition) is 2. The van der Waals surface area contributed by atoms with Crippen LogP contribution in [0.15, 0.2) is 28.1 Å². The minimum atomic E-state index is -0.663. The summed E-state index contributed by atoms with van der Waals surface area (Å²) in [6.07, 6.45) is -0.663. The van der Waals surface area contributed by atoms with Crippen molar-refractivity contribution in [2.24, 2.45) is 0 Å². The SMILES string of the molecule is OCC(O)CSCc1cc(-c2cccs2)on1. The van der Waals surface area contributed by atoms with E-state index in [9.17, 15) is 5.11 Å². The van der Waals surface area contributed by atoms with Gasteiger partial charge in [-0.15, -0.1) is 11.3 Å². The molecule has 0 amide bonds. The van der Waals surface area contributed by atoms with Crippen molar-refractivity contribution in [2.75, 3.05) is 12.4 Å². The molecule has 0 aliphatic rings. The molecule has 4 nitrogen and oxygen atoms in total. The van der Waals surface area contributed by atoms with Gasteiger partial charge >= 0.3 is 0 Å². The Morgan fingerprint density at radius 1 is 1.53 bits per heavy atom. The van der Waals surface area contributed by atoms with E-state index in [1.807, 2.05) is 23.6 Å². The van der Waals surface area contributed by atoms with Crippen LogP contribution in [0.4, 0.5) is 0 Å². The van der Waals surface area contributed by atoms with Gasteiger partial charge in [0.2, 0.25) is 0 Å². The summed E-state index contributed by atoms with van der Waals surface area (Å²) in [5.74, 6) is 1.95. The first kappa shape index (κ1) is 12.6. The van der Waals surface area contributed by atoms with Crippen molar-refractivity contribution in [3.8, 4) is 10.6 Å². The maximum atomic E-state index is 9.18. The summed E-state index contributed by atoms with van der Waals surface area (Å²) in [5, 5.41) is 23.8. The molecule has 0 aliphatic heterocycles. The predicted octanol–water partition coefficient (Wildman–Crippen LogP) is 1.99. The van der Waals surface area contributed by atoms with Crippen LogP contribution in [0.1, 0.15) is 5.69 Å². The van der Waals surface area contributed by atoms with Gasteiger partial charge in [-0.05, 0) is 11.4 Å². The number of rotatable bonds is 6. The van der Waals surface area contributed by atoms with E-state index >= 15 is 0 Å². The van der Waals surface area contributed by atoms with Crippen LogP contribution >= 0.6 is 23.1 Å². The molecule has 92 valence electrons. The molecule has 0 aliphatic carbocycles. The molecule has 1 atom stereocenters. The maximum Gasteiger partial charge on any atom is 0.177 e. The summed E-state index contributed by atoms with van der Waals surface area (Å²) >= 11 is 3.13. The number of aliphatic hydroxyl groups excluding tert-OH is 2. The third-order valence-electron chi connectivity index (χ3n) is 2.09. The molecule has 0 spiro atoms. The molecule has 0 fully saturated rings. The van der Waals surface area contributed by atoms with Gasteiger partial charge in [-0.25, -0.2) is 0 Å². The van der Waals surface area contributed by atoms with E-state index in [4.69, 9.17) is 9.63 Å². The Bertz CT molecular complexity index is 441. The van der Waals surface area contributed by atoms with Crippen LogP contribution in [0.3, 0.4) is 0 Å². The summed E-state index contributed by atoms with van der Waals surface area (Å²) in [6.45, 7) is -0.202. The molecular weight excluding hydrogens is 258 g/mol. The zero-order valence-electron chi connectivity index (χ0n) is 9.07. The highest BCUT2D eigenvalue weighted by Gasteiger charge is 2.08. The molecule has 2 N–H and O–H groups in total. The van der Waals surface area contributed by atoms with Crippen LogP contribution < -0.4 is 0 Å². The van der Waals surface area contributed by atoms with Crippen LogP contribution in [0.5, 0.6) is 0 Å². The lowest BCUT2D eigenvalue weighted by Crippen LogP contribution is -2.14. The third-order valence-corrected chi connectivity index (χ3v) is 4.10. The Kier molecular flexibility index (Phi) is 4.61. The fourth-order valence-corrected chi connectivity index (χ4v) is 2.78. The van der Waals surface area contributed by atoms with Crippen LogP contribution in [0, 0.1) is 0 Å². The molecule has 0 aromatic carbocycles. The van der Waals surface area contributed by atoms with Gasteiger partial charge in [0.15, 0.2) is 5.76 Å². The first-order chi connectivity index (χ1) is 8.29. The average Bonchev–Trinajstić information content (AvgIpc) is 2.98. The Hall–Kier alpha value is -0.820. The molecule has 0 saturated heterocycles. The average molecular weight is 271 g/mol. The van der Waals surface area contributed by atoms with Crippen molar-refractivity contribution >= 4 is 23.1 Å². The zero-order chi connectivity index (χ0) is 12.1. The molecule has 17 heavy (non-hydrogen) atoms. The predicted molar refractivity (Wildman–Crippen MR) is 69.1 cm³/mol. The molecular formula is C11H13NO3S2. The normalized spacial score (nSPS) is 12.8. The highest BCUT2D eigenvalue weighted by Crippen LogP contribution is 2.26. The number of hydrogen-bond acceptors (Lipinski definition) is 6. The summed E-state index contributed by atoms with van der Waals surface area (Å²) < 4.78 is 5.23. The lowest BCUT2D eigenvalue weighted by atomic mass is 10.3. The van der Waals surface area contributed by atoms with Crippen molar-refractivity contribution in [3.05, 3.63) is 29.3 Å². The molecule has 0 saturated carbocycles. The highest BCUT2D eigenvalue weighted by atomic mass is 32.2. The van der Waals surface area contributed by atoms with Gasteiger partial charge in [-0.3, -0.25) is 0 Å². The second kappa shape index (κ2) is 6.20. The molecule has 2 rings (SSSR count). The van der Waals surface area contributed by atoms with Gasteiger partial charge in [-0.2, -0.15) is 11.8 Å². The van der Waals surface area contributed by atoms with Gasteiger partial charge in [0.25, 0.3) is 0 Å². The summed E-state index contributed by atoms with van der Waals surface area (Å²) in [5.41, 5.74) is 0.850. The van der Waals surface area contributed by atoms with Crippen molar-refractivity contribution in [2.45, 2.75) is 11.9 Å². The van der Waals surface area contributed by atoms with Crippen LogP contribution in [0.2, 0.25) is 0 Å². The third kappa shape index (κ3) is 3.57. The minimum Gasteiger partial charge on any atom is -0.394 e. The van der Waals surface area contributed by atoms with E-state index in [-0.39, 0.29) is 6.61 Å². The number of thioether (sulfide) groups is 1. The van der Waals surface area contributed by atoms with Gasteiger partial charge in [0, 0.05) is 17.6 Å². The van der Waals surface area contributed by atoms with Gasteiger partial charge < -0.3 is 14.7 Å². The van der Waals surface area contributed by atoms with Crippen molar-refractivity contribution in [1.29, 1.82) is 0 Å². The minimum absolute atomic E-state index is 0.202. The van der Waals surface area contributed by atoms with E-state index in [0.717, 1.165) is 16.3 Å². The number of aliphatic hydroxyl groups is 2. The highest BCUT2D eigenvalue weighted by molar-refractivity contribution is 7.98. The molecule has 2 aromatic heterocycles. The lowest BCUT2D eigenvalue weighted by molar-refractivity contribution is 0.113. The largest absolute Gasteiger partial charge is 0.394 e. The molecule has 1 unspecified atom stereocenters. The molecule has 0 bridgehead atoms. The van der Waals surface area contributed by atoms with Crippen LogP contribution in [0.25, 0.3) is 10.6 Å². The van der Waals surface area contributed by atoms with Gasteiger partial charge in [-0.1, -0.05) is 11.2 Å². The van der Waals surface area contributed by atoms with Crippen molar-refractivity contribution < 1.29 is 14.7 Å². The number of aromatic nitrogens is 1. The summed E-state index contributed by atoms with van der Waals surface area (Å²) in [7, 11) is 0. The lowest BCUT2D eigenvalue weighted by Gasteiger charge is -2.04. The summed E-state index contributed by atoms with van der Waals surface area (Å²) in [4.78, 5) is 1.06. The molecule has 2 aromatic rings. The maximum absolute atomic E-state index is 9.18. The quantitative estimate of drug-likeness (QED) is 0.841. The van der Waals surface area contributed by atoms with E-state index in [2.05, 4.69) is 5.16 Å². The Morgan fingerprint density at radius 3 is 3.12 bits per heavy atom. The topological polar surface area (TPSA) is 66.5 Å². The van der Waals surface area contributed by atoms with Gasteiger partial charge in [0.1, 0.15) is 0 Å². The standard InChI is InChI=1S/C11H13NO3S2/c13-5-9(14)7-16-6-8-4-10(15-12-8)11-2-1-3-17-11/h1-4,9,13-14H,5-7H2. The Labute approximate surface area is 107 Å².